The summed E-state index contributed by atoms with van der Waals surface area (Å²) in [4.78, 5) is 22.2. The molecule has 1 rings (SSSR count). The summed E-state index contributed by atoms with van der Waals surface area (Å²) in [5.41, 5.74) is 0.550. The van der Waals surface area contributed by atoms with Crippen molar-refractivity contribution >= 4 is 36.0 Å². The molecule has 0 aromatic carbocycles. The molecule has 1 aromatic heterocycles. The van der Waals surface area contributed by atoms with Crippen LogP contribution in [0.25, 0.3) is 0 Å². The highest BCUT2D eigenvalue weighted by Gasteiger charge is 2.20. The van der Waals surface area contributed by atoms with Crippen molar-refractivity contribution in [3.8, 4) is 0 Å². The fraction of sp³-hybridized carbons (Fsp3) is 0.611. The van der Waals surface area contributed by atoms with Gasteiger partial charge in [-0.1, -0.05) is 6.07 Å². The third-order valence-electron chi connectivity index (χ3n) is 3.33. The maximum Gasteiger partial charge on any atom is 0.410 e. The first kappa shape index (κ1) is 24.4. The zero-order valence-electron chi connectivity index (χ0n) is 16.4. The Morgan fingerprint density at radius 2 is 1.96 bits per heavy atom. The minimum atomic E-state index is -0.485. The van der Waals surface area contributed by atoms with Gasteiger partial charge in [0.1, 0.15) is 5.60 Å². The molecule has 0 unspecified atom stereocenters. The lowest BCUT2D eigenvalue weighted by Gasteiger charge is -2.26. The van der Waals surface area contributed by atoms with E-state index in [1.165, 1.54) is 0 Å². The predicted octanol–water partition coefficient (Wildman–Crippen LogP) is 2.66. The van der Waals surface area contributed by atoms with Crippen LogP contribution in [0, 0.1) is 0 Å². The van der Waals surface area contributed by atoms with Crippen molar-refractivity contribution in [2.24, 2.45) is 4.99 Å². The normalized spacial score (nSPS) is 11.3. The molecular formula is C18H32IN5O2. The van der Waals surface area contributed by atoms with E-state index in [-0.39, 0.29) is 30.1 Å². The highest BCUT2D eigenvalue weighted by atomic mass is 127. The molecule has 0 aliphatic carbocycles. The van der Waals surface area contributed by atoms with Gasteiger partial charge in [-0.2, -0.15) is 0 Å². The Bertz CT molecular complexity index is 546. The molecule has 0 fully saturated rings. The summed E-state index contributed by atoms with van der Waals surface area (Å²) < 4.78 is 5.39. The van der Waals surface area contributed by atoms with Crippen LogP contribution in [0.5, 0.6) is 0 Å². The molecule has 0 radical (unpaired) electrons. The molecule has 7 nitrogen and oxygen atoms in total. The van der Waals surface area contributed by atoms with Crippen LogP contribution in [0.15, 0.2) is 29.4 Å². The third kappa shape index (κ3) is 10.4. The van der Waals surface area contributed by atoms with E-state index in [2.05, 4.69) is 20.6 Å². The van der Waals surface area contributed by atoms with E-state index < -0.39 is 5.60 Å². The number of guanidine groups is 1. The average molecular weight is 477 g/mol. The van der Waals surface area contributed by atoms with Gasteiger partial charge in [0.15, 0.2) is 5.96 Å². The van der Waals surface area contributed by atoms with Crippen LogP contribution in [0.2, 0.25) is 0 Å². The van der Waals surface area contributed by atoms with Crippen molar-refractivity contribution in [3.63, 3.8) is 0 Å². The molecule has 0 aliphatic heterocycles. The molecule has 2 N–H and O–H groups in total. The SMILES string of the molecule is CCN(CCNC(=NC)NCCc1ccccn1)C(=O)OC(C)(C)C.I. The Balaban J connectivity index is 0.00000625. The minimum Gasteiger partial charge on any atom is -0.444 e. The molecule has 0 spiro atoms. The summed E-state index contributed by atoms with van der Waals surface area (Å²) in [5.74, 6) is 0.705. The molecule has 26 heavy (non-hydrogen) atoms. The highest BCUT2D eigenvalue weighted by Crippen LogP contribution is 2.09. The van der Waals surface area contributed by atoms with Crippen LogP contribution in [0.4, 0.5) is 4.79 Å². The molecular weight excluding hydrogens is 445 g/mol. The lowest BCUT2D eigenvalue weighted by Crippen LogP contribution is -2.44. The molecule has 1 aromatic rings. The van der Waals surface area contributed by atoms with Crippen LogP contribution >= 0.6 is 24.0 Å². The van der Waals surface area contributed by atoms with Gasteiger partial charge in [0.05, 0.1) is 0 Å². The summed E-state index contributed by atoms with van der Waals surface area (Å²) in [6.45, 7) is 10.0. The number of pyridine rings is 1. The number of carbonyl (C=O) groups is 1. The van der Waals surface area contributed by atoms with E-state index >= 15 is 0 Å². The molecule has 0 saturated heterocycles. The topological polar surface area (TPSA) is 78.9 Å². The Morgan fingerprint density at radius 3 is 2.50 bits per heavy atom. The molecule has 1 heterocycles. The lowest BCUT2D eigenvalue weighted by atomic mass is 10.2. The van der Waals surface area contributed by atoms with E-state index in [1.807, 2.05) is 45.9 Å². The zero-order valence-corrected chi connectivity index (χ0v) is 18.7. The molecule has 0 atom stereocenters. The van der Waals surface area contributed by atoms with Crippen molar-refractivity contribution in [1.29, 1.82) is 0 Å². The fourth-order valence-electron chi connectivity index (χ4n) is 2.09. The molecule has 0 bridgehead atoms. The zero-order chi connectivity index (χ0) is 18.7. The Hall–Kier alpha value is -1.58. The first-order valence-corrected chi connectivity index (χ1v) is 8.68. The van der Waals surface area contributed by atoms with Gasteiger partial charge in [-0.25, -0.2) is 4.79 Å². The van der Waals surface area contributed by atoms with Crippen molar-refractivity contribution in [1.82, 2.24) is 20.5 Å². The van der Waals surface area contributed by atoms with E-state index in [1.54, 1.807) is 18.1 Å². The molecule has 148 valence electrons. The van der Waals surface area contributed by atoms with E-state index in [4.69, 9.17) is 4.74 Å². The highest BCUT2D eigenvalue weighted by molar-refractivity contribution is 14.0. The molecule has 0 saturated carbocycles. The van der Waals surface area contributed by atoms with Crippen LogP contribution < -0.4 is 10.6 Å². The Labute approximate surface area is 174 Å². The quantitative estimate of drug-likeness (QED) is 0.359. The number of halogens is 1. The smallest absolute Gasteiger partial charge is 0.410 e. The number of aromatic nitrogens is 1. The maximum absolute atomic E-state index is 12.1. The van der Waals surface area contributed by atoms with E-state index in [0.717, 1.165) is 18.7 Å². The second-order valence-corrected chi connectivity index (χ2v) is 6.56. The van der Waals surface area contributed by atoms with Gasteiger partial charge in [-0.3, -0.25) is 9.98 Å². The summed E-state index contributed by atoms with van der Waals surface area (Å²) >= 11 is 0. The number of ether oxygens (including phenoxy) is 1. The minimum absolute atomic E-state index is 0. The summed E-state index contributed by atoms with van der Waals surface area (Å²) in [7, 11) is 1.72. The van der Waals surface area contributed by atoms with Crippen LogP contribution in [-0.4, -0.2) is 60.8 Å². The van der Waals surface area contributed by atoms with Gasteiger partial charge in [0.2, 0.25) is 0 Å². The second-order valence-electron chi connectivity index (χ2n) is 6.56. The van der Waals surface area contributed by atoms with Crippen LogP contribution in [0.3, 0.4) is 0 Å². The Kier molecular flexibility index (Phi) is 11.9. The van der Waals surface area contributed by atoms with Crippen molar-refractivity contribution in [3.05, 3.63) is 30.1 Å². The number of rotatable bonds is 7. The summed E-state index contributed by atoms with van der Waals surface area (Å²) in [6.07, 6.45) is 2.31. The number of hydrogen-bond acceptors (Lipinski definition) is 4. The van der Waals surface area contributed by atoms with Crippen molar-refractivity contribution in [2.75, 3.05) is 33.2 Å². The van der Waals surface area contributed by atoms with Crippen LogP contribution in [0.1, 0.15) is 33.4 Å². The number of carbonyl (C=O) groups excluding carboxylic acids is 1. The molecule has 0 aliphatic rings. The van der Waals surface area contributed by atoms with Gasteiger partial charge in [-0.15, -0.1) is 24.0 Å². The fourth-order valence-corrected chi connectivity index (χ4v) is 2.09. The monoisotopic (exact) mass is 477 g/mol. The van der Waals surface area contributed by atoms with Gasteiger partial charge in [0, 0.05) is 51.5 Å². The second kappa shape index (κ2) is 12.7. The van der Waals surface area contributed by atoms with Crippen molar-refractivity contribution < 1.29 is 9.53 Å². The largest absolute Gasteiger partial charge is 0.444 e. The van der Waals surface area contributed by atoms with Gasteiger partial charge >= 0.3 is 6.09 Å². The molecule has 1 amide bonds. The third-order valence-corrected chi connectivity index (χ3v) is 3.33. The number of hydrogen-bond donors (Lipinski definition) is 2. The molecule has 8 heteroatoms. The van der Waals surface area contributed by atoms with E-state index in [0.29, 0.717) is 25.6 Å². The maximum atomic E-state index is 12.1. The first-order valence-electron chi connectivity index (χ1n) is 8.68. The van der Waals surface area contributed by atoms with Crippen molar-refractivity contribution in [2.45, 2.75) is 39.7 Å². The van der Waals surface area contributed by atoms with Gasteiger partial charge in [-0.05, 0) is 39.8 Å². The average Bonchev–Trinajstić information content (AvgIpc) is 2.56. The summed E-state index contributed by atoms with van der Waals surface area (Å²) in [6, 6.07) is 5.88. The van der Waals surface area contributed by atoms with E-state index in [9.17, 15) is 4.79 Å². The lowest BCUT2D eigenvalue weighted by molar-refractivity contribution is 0.0264. The number of likely N-dealkylation sites (N-methyl/N-ethyl adjacent to an activating group) is 1. The summed E-state index contributed by atoms with van der Waals surface area (Å²) in [5, 5.41) is 6.45. The van der Waals surface area contributed by atoms with Gasteiger partial charge < -0.3 is 20.3 Å². The number of nitrogens with zero attached hydrogens (tertiary/aromatic N) is 3. The predicted molar refractivity (Wildman–Crippen MR) is 116 cm³/mol. The Morgan fingerprint density at radius 1 is 1.27 bits per heavy atom. The number of amides is 1. The number of nitrogens with one attached hydrogen (secondary N) is 2. The van der Waals surface area contributed by atoms with Gasteiger partial charge in [0.25, 0.3) is 0 Å². The standard InChI is InChI=1S/C18H31N5O2.HI/c1-6-23(17(24)25-18(2,3)4)14-13-22-16(19-5)21-12-10-15-9-7-8-11-20-15;/h7-9,11H,6,10,12-14H2,1-5H3,(H2,19,21,22);1H. The number of aliphatic imine (C=N–C) groups is 1. The first-order chi connectivity index (χ1) is 11.9. The van der Waals surface area contributed by atoms with Crippen LogP contribution in [-0.2, 0) is 11.2 Å².